The van der Waals surface area contributed by atoms with Crippen LogP contribution in [-0.2, 0) is 33.8 Å². The smallest absolute Gasteiger partial charge is 0.223 e. The Morgan fingerprint density at radius 2 is 1.59 bits per heavy atom. The lowest BCUT2D eigenvalue weighted by Crippen LogP contribution is -2.45. The molecular formula is C28H28O4. The molecule has 164 valence electrons. The Kier molecular flexibility index (Phi) is 6.35. The van der Waals surface area contributed by atoms with Crippen LogP contribution in [0, 0.1) is 6.92 Å². The van der Waals surface area contributed by atoms with E-state index >= 15 is 0 Å². The summed E-state index contributed by atoms with van der Waals surface area (Å²) in [7, 11) is 0. The molecule has 0 unspecified atom stereocenters. The fraction of sp³-hybridized carbons (Fsp3) is 0.286. The predicted molar refractivity (Wildman–Crippen MR) is 123 cm³/mol. The first-order chi connectivity index (χ1) is 15.7. The van der Waals surface area contributed by atoms with Gasteiger partial charge in [-0.05, 0) is 35.8 Å². The molecule has 2 aliphatic heterocycles. The van der Waals surface area contributed by atoms with Crippen LogP contribution in [-0.4, -0.2) is 25.1 Å². The average molecular weight is 429 g/mol. The van der Waals surface area contributed by atoms with Crippen molar-refractivity contribution in [3.8, 4) is 5.75 Å². The molecule has 0 N–H and O–H groups in total. The van der Waals surface area contributed by atoms with Gasteiger partial charge in [-0.15, -0.1) is 0 Å². The molecule has 0 amide bonds. The van der Waals surface area contributed by atoms with Gasteiger partial charge in [0.25, 0.3) is 0 Å². The van der Waals surface area contributed by atoms with E-state index in [1.54, 1.807) is 0 Å². The number of fused-ring (bicyclic) bond motifs is 2. The standard InChI is InChI=1S/C28H28O4/c1-20-12-13-25-23(14-20)15-24-16-26(30-18-22-10-6-3-7-11-22)27(32-28(24)31-25)19-29-17-21-8-4-2-5-9-21/h2-14,16,26-28H,15,17-19H2,1H3/t26-,27+,28-/m0/s1. The number of rotatable bonds is 7. The largest absolute Gasteiger partial charge is 0.461 e. The number of hydrogen-bond acceptors (Lipinski definition) is 4. The fourth-order valence-electron chi connectivity index (χ4n) is 4.19. The number of aryl methyl sites for hydroxylation is 1. The van der Waals surface area contributed by atoms with Crippen molar-refractivity contribution in [2.24, 2.45) is 0 Å². The highest BCUT2D eigenvalue weighted by atomic mass is 16.7. The maximum Gasteiger partial charge on any atom is 0.223 e. The molecule has 0 bridgehead atoms. The van der Waals surface area contributed by atoms with E-state index in [9.17, 15) is 0 Å². The molecule has 0 aromatic heterocycles. The molecule has 2 aliphatic rings. The lowest BCUT2D eigenvalue weighted by Gasteiger charge is -2.38. The van der Waals surface area contributed by atoms with Crippen LogP contribution in [0.1, 0.15) is 22.3 Å². The SMILES string of the molecule is Cc1ccc2c(c1)CC1=C[C@H](OCc3ccccc3)[C@@H](COCc3ccccc3)O[C@@H]1O2. The first-order valence-corrected chi connectivity index (χ1v) is 11.1. The molecule has 0 aliphatic carbocycles. The Labute approximate surface area is 189 Å². The maximum atomic E-state index is 6.38. The number of benzene rings is 3. The summed E-state index contributed by atoms with van der Waals surface area (Å²) >= 11 is 0. The lowest BCUT2D eigenvalue weighted by atomic mass is 9.95. The minimum Gasteiger partial charge on any atom is -0.461 e. The van der Waals surface area contributed by atoms with E-state index < -0.39 is 6.29 Å². The molecule has 3 aromatic carbocycles. The molecule has 0 spiro atoms. The van der Waals surface area contributed by atoms with Crippen molar-refractivity contribution < 1.29 is 18.9 Å². The minimum atomic E-state index is -0.396. The highest BCUT2D eigenvalue weighted by molar-refractivity contribution is 5.43. The van der Waals surface area contributed by atoms with E-state index in [2.05, 4.69) is 49.4 Å². The number of hydrogen-bond donors (Lipinski definition) is 0. The van der Waals surface area contributed by atoms with Gasteiger partial charge in [0.1, 0.15) is 18.0 Å². The third-order valence-corrected chi connectivity index (χ3v) is 5.87. The second-order valence-electron chi connectivity index (χ2n) is 8.42. The van der Waals surface area contributed by atoms with Crippen molar-refractivity contribution in [1.82, 2.24) is 0 Å². The van der Waals surface area contributed by atoms with Gasteiger partial charge in [0.05, 0.1) is 19.8 Å². The van der Waals surface area contributed by atoms with E-state index in [0.717, 1.165) is 28.9 Å². The summed E-state index contributed by atoms with van der Waals surface area (Å²) in [4.78, 5) is 0. The van der Waals surface area contributed by atoms with Crippen LogP contribution >= 0.6 is 0 Å². The van der Waals surface area contributed by atoms with Crippen LogP contribution < -0.4 is 4.74 Å². The van der Waals surface area contributed by atoms with Crippen LogP contribution in [0.2, 0.25) is 0 Å². The molecule has 0 saturated heterocycles. The molecule has 0 saturated carbocycles. The Morgan fingerprint density at radius 1 is 0.875 bits per heavy atom. The van der Waals surface area contributed by atoms with Gasteiger partial charge in [-0.1, -0.05) is 78.4 Å². The summed E-state index contributed by atoms with van der Waals surface area (Å²) in [5.41, 5.74) is 5.81. The van der Waals surface area contributed by atoms with Crippen molar-refractivity contribution in [3.05, 3.63) is 113 Å². The van der Waals surface area contributed by atoms with E-state index in [-0.39, 0.29) is 12.2 Å². The highest BCUT2D eigenvalue weighted by Gasteiger charge is 2.36. The van der Waals surface area contributed by atoms with Crippen molar-refractivity contribution in [3.63, 3.8) is 0 Å². The molecule has 2 heterocycles. The van der Waals surface area contributed by atoms with Gasteiger partial charge in [0, 0.05) is 12.0 Å². The molecule has 4 heteroatoms. The molecule has 0 fully saturated rings. The summed E-state index contributed by atoms with van der Waals surface area (Å²) < 4.78 is 24.9. The molecule has 3 atom stereocenters. The van der Waals surface area contributed by atoms with Gasteiger partial charge < -0.3 is 18.9 Å². The Hall–Kier alpha value is -2.92. The Morgan fingerprint density at radius 3 is 2.34 bits per heavy atom. The van der Waals surface area contributed by atoms with E-state index in [0.29, 0.717) is 19.8 Å². The van der Waals surface area contributed by atoms with Gasteiger partial charge in [0.2, 0.25) is 6.29 Å². The lowest BCUT2D eigenvalue weighted by molar-refractivity contribution is -0.173. The molecule has 5 rings (SSSR count). The molecule has 3 aromatic rings. The van der Waals surface area contributed by atoms with Crippen LogP contribution in [0.5, 0.6) is 5.75 Å². The Balaban J connectivity index is 1.31. The van der Waals surface area contributed by atoms with Gasteiger partial charge in [0.15, 0.2) is 0 Å². The molecule has 4 nitrogen and oxygen atoms in total. The summed E-state index contributed by atoms with van der Waals surface area (Å²) in [5.74, 6) is 0.894. The molecule has 0 radical (unpaired) electrons. The summed E-state index contributed by atoms with van der Waals surface area (Å²) in [5, 5.41) is 0. The van der Waals surface area contributed by atoms with Crippen LogP contribution in [0.4, 0.5) is 0 Å². The van der Waals surface area contributed by atoms with Crippen molar-refractivity contribution in [2.75, 3.05) is 6.61 Å². The maximum absolute atomic E-state index is 6.38. The fourth-order valence-corrected chi connectivity index (χ4v) is 4.19. The highest BCUT2D eigenvalue weighted by Crippen LogP contribution is 2.35. The third kappa shape index (κ3) is 4.94. The normalized spacial score (nSPS) is 21.8. The van der Waals surface area contributed by atoms with Crippen molar-refractivity contribution >= 4 is 0 Å². The van der Waals surface area contributed by atoms with Crippen molar-refractivity contribution in [1.29, 1.82) is 0 Å². The van der Waals surface area contributed by atoms with E-state index in [1.165, 1.54) is 11.1 Å². The molecular weight excluding hydrogens is 400 g/mol. The zero-order valence-corrected chi connectivity index (χ0v) is 18.3. The second kappa shape index (κ2) is 9.70. The monoisotopic (exact) mass is 428 g/mol. The second-order valence-corrected chi connectivity index (χ2v) is 8.42. The van der Waals surface area contributed by atoms with Crippen molar-refractivity contribution in [2.45, 2.75) is 45.1 Å². The summed E-state index contributed by atoms with van der Waals surface area (Å²) in [6.07, 6.45) is 2.14. The van der Waals surface area contributed by atoms with Crippen LogP contribution in [0.25, 0.3) is 0 Å². The van der Waals surface area contributed by atoms with Gasteiger partial charge >= 0.3 is 0 Å². The van der Waals surface area contributed by atoms with Gasteiger partial charge in [-0.25, -0.2) is 0 Å². The van der Waals surface area contributed by atoms with Crippen LogP contribution in [0.15, 0.2) is 90.5 Å². The minimum absolute atomic E-state index is 0.202. The summed E-state index contributed by atoms with van der Waals surface area (Å²) in [6, 6.07) is 26.7. The van der Waals surface area contributed by atoms with Gasteiger partial charge in [-0.2, -0.15) is 0 Å². The summed E-state index contributed by atoms with van der Waals surface area (Å²) in [6.45, 7) is 3.59. The molecule has 32 heavy (non-hydrogen) atoms. The predicted octanol–water partition coefficient (Wildman–Crippen LogP) is 5.38. The van der Waals surface area contributed by atoms with E-state index in [1.807, 2.05) is 42.5 Å². The van der Waals surface area contributed by atoms with Crippen LogP contribution in [0.3, 0.4) is 0 Å². The first-order valence-electron chi connectivity index (χ1n) is 11.1. The van der Waals surface area contributed by atoms with Gasteiger partial charge in [-0.3, -0.25) is 0 Å². The third-order valence-electron chi connectivity index (χ3n) is 5.87. The quantitative estimate of drug-likeness (QED) is 0.473. The zero-order valence-electron chi connectivity index (χ0n) is 18.3. The first kappa shape index (κ1) is 21.0. The Bertz CT molecular complexity index is 1060. The average Bonchev–Trinajstić information content (AvgIpc) is 2.83. The number of ether oxygens (including phenoxy) is 4. The zero-order chi connectivity index (χ0) is 21.8. The van der Waals surface area contributed by atoms with E-state index in [4.69, 9.17) is 18.9 Å². The topological polar surface area (TPSA) is 36.9 Å².